The third-order valence-electron chi connectivity index (χ3n) is 2.55. The quantitative estimate of drug-likeness (QED) is 0.839. The van der Waals surface area contributed by atoms with Gasteiger partial charge in [-0.15, -0.1) is 0 Å². The van der Waals surface area contributed by atoms with Crippen molar-refractivity contribution in [3.8, 4) is 17.1 Å². The van der Waals surface area contributed by atoms with Crippen LogP contribution in [0.5, 0.6) is 5.75 Å². The number of nitrogens with zero attached hydrogens (tertiary/aromatic N) is 2. The van der Waals surface area contributed by atoms with Gasteiger partial charge in [0, 0.05) is 18.0 Å². The summed E-state index contributed by atoms with van der Waals surface area (Å²) in [5, 5.41) is 13.1. The Labute approximate surface area is 99.3 Å². The van der Waals surface area contributed by atoms with Crippen LogP contribution in [0.25, 0.3) is 11.4 Å². The number of rotatable bonds is 4. The molecule has 0 aliphatic carbocycles. The molecule has 1 unspecified atom stereocenters. The van der Waals surface area contributed by atoms with Gasteiger partial charge in [-0.25, -0.2) is 0 Å². The van der Waals surface area contributed by atoms with E-state index >= 15 is 0 Å². The molecular formula is C12H15N3O2. The van der Waals surface area contributed by atoms with Crippen LogP contribution in [0.3, 0.4) is 0 Å². The number of nitrogens with two attached hydrogens (primary N) is 1. The van der Waals surface area contributed by atoms with E-state index in [1.54, 1.807) is 24.3 Å². The molecule has 0 aliphatic rings. The summed E-state index contributed by atoms with van der Waals surface area (Å²) in [6, 6.07) is 6.70. The molecule has 0 fully saturated rings. The summed E-state index contributed by atoms with van der Waals surface area (Å²) in [6.45, 7) is 2.02. The average molecular weight is 233 g/mol. The highest BCUT2D eigenvalue weighted by Crippen LogP contribution is 2.19. The summed E-state index contributed by atoms with van der Waals surface area (Å²) in [4.78, 5) is 4.26. The number of hydrogen-bond acceptors (Lipinski definition) is 5. The highest BCUT2D eigenvalue weighted by Gasteiger charge is 2.11. The fourth-order valence-electron chi connectivity index (χ4n) is 1.43. The van der Waals surface area contributed by atoms with E-state index in [-0.39, 0.29) is 11.8 Å². The van der Waals surface area contributed by atoms with E-state index in [1.165, 1.54) is 0 Å². The minimum Gasteiger partial charge on any atom is -0.508 e. The first kappa shape index (κ1) is 11.6. The van der Waals surface area contributed by atoms with Gasteiger partial charge in [0.1, 0.15) is 5.75 Å². The van der Waals surface area contributed by atoms with Crippen molar-refractivity contribution in [3.63, 3.8) is 0 Å². The summed E-state index contributed by atoms with van der Waals surface area (Å²) in [6.07, 6.45) is 1.46. The molecular weight excluding hydrogens is 218 g/mol. The number of aromatic hydroxyl groups is 1. The van der Waals surface area contributed by atoms with Crippen LogP contribution in [-0.2, 0) is 6.42 Å². The summed E-state index contributed by atoms with van der Waals surface area (Å²) in [5.41, 5.74) is 6.62. The van der Waals surface area contributed by atoms with Gasteiger partial charge < -0.3 is 15.4 Å². The summed E-state index contributed by atoms with van der Waals surface area (Å²) >= 11 is 0. The van der Waals surface area contributed by atoms with Gasteiger partial charge >= 0.3 is 0 Å². The molecule has 0 aliphatic heterocycles. The molecule has 0 amide bonds. The molecule has 0 saturated heterocycles. The standard InChI is InChI=1S/C12H15N3O2/c1-2-9(13)7-11-14-12(15-17-11)8-3-5-10(16)6-4-8/h3-6,9,16H,2,7,13H2,1H3. The van der Waals surface area contributed by atoms with E-state index in [2.05, 4.69) is 10.1 Å². The second kappa shape index (κ2) is 4.97. The van der Waals surface area contributed by atoms with Gasteiger partial charge in [-0.05, 0) is 30.7 Å². The van der Waals surface area contributed by atoms with Crippen molar-refractivity contribution in [1.29, 1.82) is 0 Å². The minimum absolute atomic E-state index is 0.0446. The maximum Gasteiger partial charge on any atom is 0.228 e. The van der Waals surface area contributed by atoms with E-state index in [0.29, 0.717) is 18.1 Å². The number of phenolic OH excluding ortho intramolecular Hbond substituents is 1. The molecule has 1 aromatic heterocycles. The zero-order valence-corrected chi connectivity index (χ0v) is 9.63. The monoisotopic (exact) mass is 233 g/mol. The number of benzene rings is 1. The van der Waals surface area contributed by atoms with Gasteiger partial charge in [0.15, 0.2) is 0 Å². The first-order valence-corrected chi connectivity index (χ1v) is 5.56. The van der Waals surface area contributed by atoms with Crippen LogP contribution in [0, 0.1) is 0 Å². The Morgan fingerprint density at radius 1 is 1.35 bits per heavy atom. The zero-order valence-electron chi connectivity index (χ0n) is 9.63. The predicted molar refractivity (Wildman–Crippen MR) is 63.4 cm³/mol. The van der Waals surface area contributed by atoms with Crippen molar-refractivity contribution < 1.29 is 9.63 Å². The third-order valence-corrected chi connectivity index (χ3v) is 2.55. The highest BCUT2D eigenvalue weighted by atomic mass is 16.5. The Balaban J connectivity index is 2.15. The lowest BCUT2D eigenvalue weighted by atomic mass is 10.2. The molecule has 3 N–H and O–H groups in total. The van der Waals surface area contributed by atoms with Crippen LogP contribution >= 0.6 is 0 Å². The van der Waals surface area contributed by atoms with Crippen molar-refractivity contribution in [2.75, 3.05) is 0 Å². The van der Waals surface area contributed by atoms with E-state index < -0.39 is 0 Å². The van der Waals surface area contributed by atoms with E-state index in [1.807, 2.05) is 6.92 Å². The normalized spacial score (nSPS) is 12.6. The zero-order chi connectivity index (χ0) is 12.3. The second-order valence-corrected chi connectivity index (χ2v) is 3.93. The largest absolute Gasteiger partial charge is 0.508 e. The predicted octanol–water partition coefficient (Wildman–Crippen LogP) is 1.72. The molecule has 5 nitrogen and oxygen atoms in total. The van der Waals surface area contributed by atoms with E-state index in [4.69, 9.17) is 10.3 Å². The molecule has 90 valence electrons. The van der Waals surface area contributed by atoms with Gasteiger partial charge in [0.25, 0.3) is 0 Å². The lowest BCUT2D eigenvalue weighted by molar-refractivity contribution is 0.368. The average Bonchev–Trinajstić information content (AvgIpc) is 2.78. The first-order valence-electron chi connectivity index (χ1n) is 5.56. The Morgan fingerprint density at radius 3 is 2.71 bits per heavy atom. The number of aromatic nitrogens is 2. The molecule has 1 atom stereocenters. The Kier molecular flexibility index (Phi) is 3.39. The fraction of sp³-hybridized carbons (Fsp3) is 0.333. The third kappa shape index (κ3) is 2.82. The second-order valence-electron chi connectivity index (χ2n) is 3.93. The number of hydrogen-bond donors (Lipinski definition) is 2. The highest BCUT2D eigenvalue weighted by molar-refractivity contribution is 5.55. The molecule has 2 aromatic rings. The molecule has 0 radical (unpaired) electrons. The molecule has 2 rings (SSSR count). The topological polar surface area (TPSA) is 85.2 Å². The first-order chi connectivity index (χ1) is 8.19. The summed E-state index contributed by atoms with van der Waals surface area (Å²) in [7, 11) is 0. The van der Waals surface area contributed by atoms with Crippen LogP contribution in [0.1, 0.15) is 19.2 Å². The Bertz CT molecular complexity index is 479. The van der Waals surface area contributed by atoms with E-state index in [9.17, 15) is 5.11 Å². The maximum absolute atomic E-state index is 9.18. The molecule has 1 heterocycles. The van der Waals surface area contributed by atoms with Crippen molar-refractivity contribution in [2.24, 2.45) is 5.73 Å². The van der Waals surface area contributed by atoms with Crippen molar-refractivity contribution >= 4 is 0 Å². The van der Waals surface area contributed by atoms with Crippen molar-refractivity contribution in [2.45, 2.75) is 25.8 Å². The van der Waals surface area contributed by atoms with Crippen LogP contribution in [0.2, 0.25) is 0 Å². The van der Waals surface area contributed by atoms with Gasteiger partial charge in [-0.2, -0.15) is 4.98 Å². The van der Waals surface area contributed by atoms with Crippen LogP contribution in [0.15, 0.2) is 28.8 Å². The van der Waals surface area contributed by atoms with Crippen LogP contribution < -0.4 is 5.73 Å². The molecule has 5 heteroatoms. The SMILES string of the molecule is CCC(N)Cc1nc(-c2ccc(O)cc2)no1. The summed E-state index contributed by atoms with van der Waals surface area (Å²) < 4.78 is 5.12. The molecule has 0 saturated carbocycles. The van der Waals surface area contributed by atoms with Crippen molar-refractivity contribution in [1.82, 2.24) is 10.1 Å². The molecule has 0 spiro atoms. The maximum atomic E-state index is 9.18. The lowest BCUT2D eigenvalue weighted by Gasteiger charge is -2.02. The van der Waals surface area contributed by atoms with E-state index in [0.717, 1.165) is 12.0 Å². The molecule has 1 aromatic carbocycles. The van der Waals surface area contributed by atoms with Gasteiger partial charge in [-0.1, -0.05) is 12.1 Å². The van der Waals surface area contributed by atoms with Gasteiger partial charge in [-0.3, -0.25) is 0 Å². The minimum atomic E-state index is 0.0446. The summed E-state index contributed by atoms with van der Waals surface area (Å²) in [5.74, 6) is 1.27. The van der Waals surface area contributed by atoms with Gasteiger partial charge in [0.05, 0.1) is 0 Å². The lowest BCUT2D eigenvalue weighted by Crippen LogP contribution is -2.21. The van der Waals surface area contributed by atoms with Crippen LogP contribution in [0.4, 0.5) is 0 Å². The molecule has 17 heavy (non-hydrogen) atoms. The Hall–Kier alpha value is -1.88. The van der Waals surface area contributed by atoms with Crippen LogP contribution in [-0.4, -0.2) is 21.3 Å². The van der Waals surface area contributed by atoms with Gasteiger partial charge in [0.2, 0.25) is 11.7 Å². The Morgan fingerprint density at radius 2 is 2.06 bits per heavy atom. The fourth-order valence-corrected chi connectivity index (χ4v) is 1.43. The number of phenols is 1. The van der Waals surface area contributed by atoms with Crippen molar-refractivity contribution in [3.05, 3.63) is 30.2 Å². The molecule has 0 bridgehead atoms. The smallest absolute Gasteiger partial charge is 0.228 e.